The van der Waals surface area contributed by atoms with Crippen molar-refractivity contribution < 1.29 is 0 Å². The average molecular weight is 257 g/mol. The number of rotatable bonds is 6. The largest absolute Gasteiger partial charge is 0.312 e. The number of benzene rings is 2. The predicted molar refractivity (Wildman–Crippen MR) is 80.1 cm³/mol. The summed E-state index contributed by atoms with van der Waals surface area (Å²) in [4.78, 5) is 1.34. The van der Waals surface area contributed by atoms with E-state index in [1.165, 1.54) is 16.0 Å². The Morgan fingerprint density at radius 3 is 2.61 bits per heavy atom. The second kappa shape index (κ2) is 7.24. The minimum Gasteiger partial charge on any atom is -0.312 e. The molecule has 0 saturated heterocycles. The van der Waals surface area contributed by atoms with Crippen LogP contribution in [0.5, 0.6) is 0 Å². The highest BCUT2D eigenvalue weighted by atomic mass is 32.2. The highest BCUT2D eigenvalue weighted by Crippen LogP contribution is 2.15. The molecule has 2 rings (SSSR count). The molecule has 94 valence electrons. The fraction of sp³-hybridized carbons (Fsp3) is 0.250. The van der Waals surface area contributed by atoms with Gasteiger partial charge in [-0.15, -0.1) is 11.8 Å². The number of thioether (sulfide) groups is 1. The molecule has 0 saturated carbocycles. The van der Waals surface area contributed by atoms with Crippen LogP contribution >= 0.6 is 11.8 Å². The van der Waals surface area contributed by atoms with Gasteiger partial charge < -0.3 is 5.32 Å². The van der Waals surface area contributed by atoms with E-state index < -0.39 is 0 Å². The molecule has 0 aliphatic carbocycles. The summed E-state index contributed by atoms with van der Waals surface area (Å²) in [5.74, 6) is 1.11. The molecule has 1 N–H and O–H groups in total. The molecule has 0 fully saturated rings. The molecule has 0 radical (unpaired) electrons. The van der Waals surface area contributed by atoms with Crippen LogP contribution in [0.25, 0.3) is 0 Å². The molecule has 1 nitrogen and oxygen atoms in total. The van der Waals surface area contributed by atoms with Gasteiger partial charge in [-0.05, 0) is 24.6 Å². The van der Waals surface area contributed by atoms with Crippen LogP contribution in [0.4, 0.5) is 0 Å². The van der Waals surface area contributed by atoms with Crippen molar-refractivity contribution in [2.45, 2.75) is 18.4 Å². The minimum absolute atomic E-state index is 0.955. The SMILES string of the molecule is Cc1cccc(CNCCSc2ccccc2)c1. The van der Waals surface area contributed by atoms with Gasteiger partial charge in [0.25, 0.3) is 0 Å². The Morgan fingerprint density at radius 2 is 1.83 bits per heavy atom. The zero-order chi connectivity index (χ0) is 12.6. The third-order valence-electron chi connectivity index (χ3n) is 2.70. The van der Waals surface area contributed by atoms with E-state index in [0.717, 1.165) is 18.8 Å². The summed E-state index contributed by atoms with van der Waals surface area (Å²) in [6, 6.07) is 19.2. The first-order valence-electron chi connectivity index (χ1n) is 6.29. The number of nitrogens with one attached hydrogen (secondary N) is 1. The van der Waals surface area contributed by atoms with Gasteiger partial charge in [-0.25, -0.2) is 0 Å². The Bertz CT molecular complexity index is 468. The summed E-state index contributed by atoms with van der Waals surface area (Å²) in [6.45, 7) is 4.12. The molecular weight excluding hydrogens is 238 g/mol. The molecule has 2 aromatic rings. The molecule has 18 heavy (non-hydrogen) atoms. The highest BCUT2D eigenvalue weighted by Gasteiger charge is 1.94. The van der Waals surface area contributed by atoms with Crippen molar-refractivity contribution in [3.05, 3.63) is 65.7 Å². The van der Waals surface area contributed by atoms with Crippen LogP contribution in [0.15, 0.2) is 59.5 Å². The molecule has 0 unspecified atom stereocenters. The molecule has 0 aromatic heterocycles. The van der Waals surface area contributed by atoms with E-state index in [4.69, 9.17) is 0 Å². The minimum atomic E-state index is 0.955. The van der Waals surface area contributed by atoms with Crippen LogP contribution in [0, 0.1) is 6.92 Å². The van der Waals surface area contributed by atoms with Crippen molar-refractivity contribution in [3.8, 4) is 0 Å². The summed E-state index contributed by atoms with van der Waals surface area (Å²) in [6.07, 6.45) is 0. The second-order valence-corrected chi connectivity index (χ2v) is 5.50. The highest BCUT2D eigenvalue weighted by molar-refractivity contribution is 7.99. The lowest BCUT2D eigenvalue weighted by atomic mass is 10.1. The monoisotopic (exact) mass is 257 g/mol. The molecule has 2 aromatic carbocycles. The smallest absolute Gasteiger partial charge is 0.0205 e. The van der Waals surface area contributed by atoms with Crippen LogP contribution in [0.2, 0.25) is 0 Å². The molecule has 0 heterocycles. The Morgan fingerprint density at radius 1 is 1.00 bits per heavy atom. The Kier molecular flexibility index (Phi) is 5.31. The first kappa shape index (κ1) is 13.2. The Balaban J connectivity index is 1.65. The van der Waals surface area contributed by atoms with Crippen molar-refractivity contribution in [2.24, 2.45) is 0 Å². The summed E-state index contributed by atoms with van der Waals surface area (Å²) in [7, 11) is 0. The normalized spacial score (nSPS) is 10.5. The van der Waals surface area contributed by atoms with Crippen LogP contribution < -0.4 is 5.32 Å². The van der Waals surface area contributed by atoms with Crippen molar-refractivity contribution in [1.82, 2.24) is 5.32 Å². The van der Waals surface area contributed by atoms with Crippen LogP contribution in [-0.2, 0) is 6.54 Å². The molecule has 0 aliphatic rings. The summed E-state index contributed by atoms with van der Waals surface area (Å²) < 4.78 is 0. The lowest BCUT2D eigenvalue weighted by molar-refractivity contribution is 0.731. The molecule has 2 heteroatoms. The Labute approximate surface area is 114 Å². The second-order valence-electron chi connectivity index (χ2n) is 4.33. The summed E-state index contributed by atoms with van der Waals surface area (Å²) >= 11 is 1.90. The lowest BCUT2D eigenvalue weighted by Gasteiger charge is -2.05. The van der Waals surface area contributed by atoms with Crippen LogP contribution in [0.1, 0.15) is 11.1 Å². The maximum Gasteiger partial charge on any atom is 0.0205 e. The van der Waals surface area contributed by atoms with Crippen molar-refractivity contribution in [3.63, 3.8) is 0 Å². The van der Waals surface area contributed by atoms with E-state index in [2.05, 4.69) is 66.8 Å². The van der Waals surface area contributed by atoms with E-state index in [1.807, 2.05) is 11.8 Å². The first-order valence-corrected chi connectivity index (χ1v) is 7.27. The third kappa shape index (κ3) is 4.55. The third-order valence-corrected chi connectivity index (χ3v) is 3.72. The van der Waals surface area contributed by atoms with Crippen LogP contribution in [-0.4, -0.2) is 12.3 Å². The van der Waals surface area contributed by atoms with Gasteiger partial charge in [-0.2, -0.15) is 0 Å². The van der Waals surface area contributed by atoms with E-state index in [9.17, 15) is 0 Å². The van der Waals surface area contributed by atoms with E-state index >= 15 is 0 Å². The Hall–Kier alpha value is -1.25. The van der Waals surface area contributed by atoms with Gasteiger partial charge in [0, 0.05) is 23.7 Å². The molecule has 0 spiro atoms. The van der Waals surface area contributed by atoms with Gasteiger partial charge in [0.2, 0.25) is 0 Å². The van der Waals surface area contributed by atoms with Crippen molar-refractivity contribution in [1.29, 1.82) is 0 Å². The molecule has 0 atom stereocenters. The molecule has 0 bridgehead atoms. The van der Waals surface area contributed by atoms with E-state index in [-0.39, 0.29) is 0 Å². The topological polar surface area (TPSA) is 12.0 Å². The number of hydrogen-bond acceptors (Lipinski definition) is 2. The van der Waals surface area contributed by atoms with Gasteiger partial charge in [0.05, 0.1) is 0 Å². The number of aryl methyl sites for hydroxylation is 1. The van der Waals surface area contributed by atoms with Crippen LogP contribution in [0.3, 0.4) is 0 Å². The maximum absolute atomic E-state index is 3.48. The van der Waals surface area contributed by atoms with Crippen molar-refractivity contribution in [2.75, 3.05) is 12.3 Å². The molecule has 0 aliphatic heterocycles. The predicted octanol–water partition coefficient (Wildman–Crippen LogP) is 3.88. The quantitative estimate of drug-likeness (QED) is 0.622. The van der Waals surface area contributed by atoms with Gasteiger partial charge in [0.1, 0.15) is 0 Å². The van der Waals surface area contributed by atoms with E-state index in [0.29, 0.717) is 0 Å². The first-order chi connectivity index (χ1) is 8.84. The standard InChI is InChI=1S/C16H19NS/c1-14-6-5-7-15(12-14)13-17-10-11-18-16-8-3-2-4-9-16/h2-9,12,17H,10-11,13H2,1H3. The van der Waals surface area contributed by atoms with Crippen molar-refractivity contribution >= 4 is 11.8 Å². The lowest BCUT2D eigenvalue weighted by Crippen LogP contribution is -2.16. The van der Waals surface area contributed by atoms with Gasteiger partial charge in [-0.1, -0.05) is 48.0 Å². The zero-order valence-corrected chi connectivity index (χ0v) is 11.5. The average Bonchev–Trinajstić information content (AvgIpc) is 2.40. The summed E-state index contributed by atoms with van der Waals surface area (Å²) in [5.41, 5.74) is 2.69. The van der Waals surface area contributed by atoms with Gasteiger partial charge in [-0.3, -0.25) is 0 Å². The summed E-state index contributed by atoms with van der Waals surface area (Å²) in [5, 5.41) is 3.48. The molecular formula is C16H19NS. The fourth-order valence-corrected chi connectivity index (χ4v) is 2.64. The van der Waals surface area contributed by atoms with Gasteiger partial charge >= 0.3 is 0 Å². The maximum atomic E-state index is 3.48. The van der Waals surface area contributed by atoms with Gasteiger partial charge in [0.15, 0.2) is 0 Å². The number of hydrogen-bond donors (Lipinski definition) is 1. The van der Waals surface area contributed by atoms with E-state index in [1.54, 1.807) is 0 Å². The molecule has 0 amide bonds. The zero-order valence-electron chi connectivity index (χ0n) is 10.7. The fourth-order valence-electron chi connectivity index (χ4n) is 1.81.